The second-order valence-corrected chi connectivity index (χ2v) is 6.54. The van der Waals surface area contributed by atoms with Crippen LogP contribution >= 0.6 is 0 Å². The van der Waals surface area contributed by atoms with Gasteiger partial charge in [0.1, 0.15) is 0 Å². The number of H-pyrrole nitrogens is 1. The molecule has 1 fully saturated rings. The Bertz CT molecular complexity index is 489. The number of aromatic amines is 1. The first-order valence-corrected chi connectivity index (χ1v) is 7.48. The second-order valence-electron chi connectivity index (χ2n) is 4.60. The maximum atomic E-state index is 12.4. The SMILES string of the molecule is CNCc1cc(S(=O)(=O)N2CCN(C)CC2)c[nH]1. The van der Waals surface area contributed by atoms with Crippen LogP contribution < -0.4 is 5.32 Å². The van der Waals surface area contributed by atoms with E-state index in [0.717, 1.165) is 18.8 Å². The maximum absolute atomic E-state index is 12.4. The number of hydrogen-bond donors (Lipinski definition) is 2. The van der Waals surface area contributed by atoms with Gasteiger partial charge in [-0.25, -0.2) is 8.42 Å². The number of sulfonamides is 1. The van der Waals surface area contributed by atoms with Crippen molar-refractivity contribution >= 4 is 10.0 Å². The average Bonchev–Trinajstić information content (AvgIpc) is 2.79. The van der Waals surface area contributed by atoms with Gasteiger partial charge in [0.2, 0.25) is 10.0 Å². The Kier molecular flexibility index (Phi) is 4.06. The van der Waals surface area contributed by atoms with E-state index in [4.69, 9.17) is 0 Å². The lowest BCUT2D eigenvalue weighted by Gasteiger charge is -2.31. The van der Waals surface area contributed by atoms with Crippen LogP contribution in [0.1, 0.15) is 5.69 Å². The van der Waals surface area contributed by atoms with Gasteiger partial charge in [0.15, 0.2) is 0 Å². The van der Waals surface area contributed by atoms with E-state index in [1.807, 2.05) is 14.1 Å². The molecule has 0 amide bonds. The lowest BCUT2D eigenvalue weighted by Crippen LogP contribution is -2.46. The van der Waals surface area contributed by atoms with Gasteiger partial charge in [0.25, 0.3) is 0 Å². The molecule has 0 radical (unpaired) electrons. The monoisotopic (exact) mass is 272 g/mol. The molecular formula is C11H20N4O2S. The Balaban J connectivity index is 2.14. The molecule has 7 heteroatoms. The number of rotatable bonds is 4. The fourth-order valence-electron chi connectivity index (χ4n) is 2.04. The van der Waals surface area contributed by atoms with Crippen molar-refractivity contribution in [3.05, 3.63) is 18.0 Å². The number of likely N-dealkylation sites (N-methyl/N-ethyl adjacent to an activating group) is 1. The molecule has 0 aliphatic carbocycles. The van der Waals surface area contributed by atoms with Crippen LogP contribution in [-0.2, 0) is 16.6 Å². The van der Waals surface area contributed by atoms with Gasteiger partial charge in [0, 0.05) is 44.6 Å². The van der Waals surface area contributed by atoms with Gasteiger partial charge in [-0.2, -0.15) is 4.31 Å². The molecule has 2 N–H and O–H groups in total. The van der Waals surface area contributed by atoms with Gasteiger partial charge in [0.05, 0.1) is 4.90 Å². The van der Waals surface area contributed by atoms with E-state index in [2.05, 4.69) is 15.2 Å². The molecule has 0 spiro atoms. The minimum atomic E-state index is -3.34. The molecule has 0 aromatic carbocycles. The Labute approximate surface area is 108 Å². The molecule has 18 heavy (non-hydrogen) atoms. The van der Waals surface area contributed by atoms with Crippen LogP contribution in [0.25, 0.3) is 0 Å². The van der Waals surface area contributed by atoms with Crippen molar-refractivity contribution in [2.45, 2.75) is 11.4 Å². The molecule has 1 aromatic heterocycles. The molecule has 0 bridgehead atoms. The third-order valence-electron chi connectivity index (χ3n) is 3.18. The van der Waals surface area contributed by atoms with E-state index < -0.39 is 10.0 Å². The first-order valence-electron chi connectivity index (χ1n) is 6.04. The molecular weight excluding hydrogens is 252 g/mol. The molecule has 6 nitrogen and oxygen atoms in total. The van der Waals surface area contributed by atoms with Gasteiger partial charge in [-0.1, -0.05) is 0 Å². The highest BCUT2D eigenvalue weighted by Crippen LogP contribution is 2.18. The zero-order chi connectivity index (χ0) is 13.2. The molecule has 1 saturated heterocycles. The summed E-state index contributed by atoms with van der Waals surface area (Å²) >= 11 is 0. The third-order valence-corrected chi connectivity index (χ3v) is 5.06. The Morgan fingerprint density at radius 2 is 2.00 bits per heavy atom. The van der Waals surface area contributed by atoms with Crippen LogP contribution in [0.15, 0.2) is 17.2 Å². The summed E-state index contributed by atoms with van der Waals surface area (Å²) in [4.78, 5) is 5.48. The minimum Gasteiger partial charge on any atom is -0.363 e. The molecule has 0 saturated carbocycles. The van der Waals surface area contributed by atoms with Gasteiger partial charge < -0.3 is 15.2 Å². The zero-order valence-electron chi connectivity index (χ0n) is 10.8. The van der Waals surface area contributed by atoms with E-state index >= 15 is 0 Å². The summed E-state index contributed by atoms with van der Waals surface area (Å²) in [5.41, 5.74) is 0.880. The predicted octanol–water partition coefficient (Wildman–Crippen LogP) is -0.330. The smallest absolute Gasteiger partial charge is 0.244 e. The molecule has 102 valence electrons. The van der Waals surface area contributed by atoms with Crippen LogP contribution in [0, 0.1) is 0 Å². The highest BCUT2D eigenvalue weighted by molar-refractivity contribution is 7.89. The Hall–Kier alpha value is -0.890. The molecule has 1 aliphatic heterocycles. The van der Waals surface area contributed by atoms with Crippen LogP contribution in [0.5, 0.6) is 0 Å². The fraction of sp³-hybridized carbons (Fsp3) is 0.636. The number of nitrogens with one attached hydrogen (secondary N) is 2. The summed E-state index contributed by atoms with van der Waals surface area (Å²) in [5, 5.41) is 2.99. The molecule has 2 rings (SSSR count). The summed E-state index contributed by atoms with van der Waals surface area (Å²) in [6, 6.07) is 1.70. The summed E-state index contributed by atoms with van der Waals surface area (Å²) in [5.74, 6) is 0. The third kappa shape index (κ3) is 2.74. The minimum absolute atomic E-state index is 0.359. The van der Waals surface area contributed by atoms with Crippen molar-refractivity contribution in [3.8, 4) is 0 Å². The lowest BCUT2D eigenvalue weighted by atomic mass is 10.4. The fourth-order valence-corrected chi connectivity index (χ4v) is 3.48. The highest BCUT2D eigenvalue weighted by atomic mass is 32.2. The first-order chi connectivity index (χ1) is 8.54. The van der Waals surface area contributed by atoms with Gasteiger partial charge in [-0.3, -0.25) is 0 Å². The second kappa shape index (κ2) is 5.40. The van der Waals surface area contributed by atoms with Crippen molar-refractivity contribution in [1.82, 2.24) is 19.5 Å². The summed E-state index contributed by atoms with van der Waals surface area (Å²) < 4.78 is 26.3. The molecule has 2 heterocycles. The predicted molar refractivity (Wildman–Crippen MR) is 69.8 cm³/mol. The van der Waals surface area contributed by atoms with Gasteiger partial charge >= 0.3 is 0 Å². The quantitative estimate of drug-likeness (QED) is 0.787. The number of hydrogen-bond acceptors (Lipinski definition) is 4. The summed E-state index contributed by atoms with van der Waals surface area (Å²) in [7, 11) is 0.499. The molecule has 1 aromatic rings. The number of aromatic nitrogens is 1. The average molecular weight is 272 g/mol. The maximum Gasteiger partial charge on any atom is 0.244 e. The normalized spacial score (nSPS) is 19.2. The van der Waals surface area contributed by atoms with Crippen molar-refractivity contribution < 1.29 is 8.42 Å². The van der Waals surface area contributed by atoms with Gasteiger partial charge in [-0.15, -0.1) is 0 Å². The molecule has 1 aliphatic rings. The van der Waals surface area contributed by atoms with Crippen LogP contribution in [0.4, 0.5) is 0 Å². The van der Waals surface area contributed by atoms with E-state index in [1.54, 1.807) is 16.6 Å². The standard InChI is InChI=1S/C11H20N4O2S/c1-12-8-10-7-11(9-13-10)18(16,17)15-5-3-14(2)4-6-15/h7,9,12-13H,3-6,8H2,1-2H3. The van der Waals surface area contributed by atoms with Crippen molar-refractivity contribution in [2.24, 2.45) is 0 Å². The van der Waals surface area contributed by atoms with E-state index in [1.165, 1.54) is 0 Å². The van der Waals surface area contributed by atoms with E-state index in [-0.39, 0.29) is 0 Å². The van der Waals surface area contributed by atoms with E-state index in [0.29, 0.717) is 24.5 Å². The zero-order valence-corrected chi connectivity index (χ0v) is 11.6. The number of piperazine rings is 1. The summed E-state index contributed by atoms with van der Waals surface area (Å²) in [6.07, 6.45) is 1.57. The first kappa shape index (κ1) is 13.5. The van der Waals surface area contributed by atoms with Crippen molar-refractivity contribution in [1.29, 1.82) is 0 Å². The van der Waals surface area contributed by atoms with Crippen LogP contribution in [0.3, 0.4) is 0 Å². The summed E-state index contributed by atoms with van der Waals surface area (Å²) in [6.45, 7) is 3.33. The molecule has 0 unspecified atom stereocenters. The number of nitrogens with zero attached hydrogens (tertiary/aromatic N) is 2. The highest BCUT2D eigenvalue weighted by Gasteiger charge is 2.28. The Morgan fingerprint density at radius 1 is 1.33 bits per heavy atom. The molecule has 0 atom stereocenters. The van der Waals surface area contributed by atoms with Gasteiger partial charge in [-0.05, 0) is 20.2 Å². The van der Waals surface area contributed by atoms with E-state index in [9.17, 15) is 8.42 Å². The Morgan fingerprint density at radius 3 is 2.61 bits per heavy atom. The largest absolute Gasteiger partial charge is 0.363 e. The van der Waals surface area contributed by atoms with Crippen molar-refractivity contribution in [3.63, 3.8) is 0 Å². The van der Waals surface area contributed by atoms with Crippen LogP contribution in [-0.4, -0.2) is 62.9 Å². The van der Waals surface area contributed by atoms with Crippen LogP contribution in [0.2, 0.25) is 0 Å². The van der Waals surface area contributed by atoms with Crippen molar-refractivity contribution in [2.75, 3.05) is 40.3 Å². The topological polar surface area (TPSA) is 68.4 Å². The lowest BCUT2D eigenvalue weighted by molar-refractivity contribution is 0.222.